The first-order valence-electron chi connectivity index (χ1n) is 6.86. The molecule has 1 fully saturated rings. The summed E-state index contributed by atoms with van der Waals surface area (Å²) < 4.78 is 23.8. The van der Waals surface area contributed by atoms with E-state index in [9.17, 15) is 13.2 Å². The maximum atomic E-state index is 11.9. The van der Waals surface area contributed by atoms with Crippen LogP contribution in [-0.2, 0) is 14.6 Å². The van der Waals surface area contributed by atoms with Gasteiger partial charge in [0.05, 0.1) is 17.1 Å². The first-order chi connectivity index (χ1) is 9.88. The average Bonchev–Trinajstić information content (AvgIpc) is 2.63. The van der Waals surface area contributed by atoms with Gasteiger partial charge in [0.2, 0.25) is 0 Å². The van der Waals surface area contributed by atoms with Crippen LogP contribution in [0.2, 0.25) is 0 Å². The van der Waals surface area contributed by atoms with Crippen molar-refractivity contribution in [3.8, 4) is 0 Å². The van der Waals surface area contributed by atoms with Crippen LogP contribution in [0.4, 0.5) is 5.69 Å². The number of aliphatic carboxylic acids is 1. The Hall–Kier alpha value is -1.60. The van der Waals surface area contributed by atoms with E-state index in [-0.39, 0.29) is 6.54 Å². The van der Waals surface area contributed by atoms with Crippen LogP contribution in [0.5, 0.6) is 0 Å². The van der Waals surface area contributed by atoms with Crippen molar-refractivity contribution in [2.24, 2.45) is 0 Å². The highest BCUT2D eigenvalue weighted by Crippen LogP contribution is 2.25. The lowest BCUT2D eigenvalue weighted by molar-refractivity contribution is -0.138. The maximum Gasteiger partial charge on any atom is 0.317 e. The first-order valence-corrected chi connectivity index (χ1v) is 8.75. The van der Waals surface area contributed by atoms with Gasteiger partial charge in [-0.2, -0.15) is 0 Å². The van der Waals surface area contributed by atoms with Crippen molar-refractivity contribution >= 4 is 21.5 Å². The highest BCUT2D eigenvalue weighted by molar-refractivity contribution is 7.90. The highest BCUT2D eigenvalue weighted by Gasteiger charge is 2.21. The van der Waals surface area contributed by atoms with E-state index >= 15 is 0 Å². The Balaban J connectivity index is 2.18. The lowest BCUT2D eigenvalue weighted by atomic mass is 10.2. The summed E-state index contributed by atoms with van der Waals surface area (Å²) in [6.45, 7) is 2.71. The van der Waals surface area contributed by atoms with Gasteiger partial charge in [-0.3, -0.25) is 9.69 Å². The van der Waals surface area contributed by atoms with E-state index in [4.69, 9.17) is 5.11 Å². The third-order valence-electron chi connectivity index (χ3n) is 3.55. The van der Waals surface area contributed by atoms with E-state index in [1.807, 2.05) is 21.9 Å². The second kappa shape index (κ2) is 6.44. The minimum absolute atomic E-state index is 0.0293. The van der Waals surface area contributed by atoms with E-state index in [2.05, 4.69) is 0 Å². The highest BCUT2D eigenvalue weighted by atomic mass is 32.2. The molecule has 1 heterocycles. The molecule has 0 saturated carbocycles. The zero-order chi connectivity index (χ0) is 15.5. The number of benzene rings is 1. The smallest absolute Gasteiger partial charge is 0.317 e. The van der Waals surface area contributed by atoms with E-state index in [1.165, 1.54) is 6.26 Å². The predicted molar refractivity (Wildman–Crippen MR) is 80.5 cm³/mol. The van der Waals surface area contributed by atoms with Crippen molar-refractivity contribution < 1.29 is 18.3 Å². The van der Waals surface area contributed by atoms with E-state index in [1.54, 1.807) is 12.1 Å². The Morgan fingerprint density at radius 3 is 2.57 bits per heavy atom. The zero-order valence-electron chi connectivity index (χ0n) is 12.0. The summed E-state index contributed by atoms with van der Waals surface area (Å²) in [5.41, 5.74) is 0.706. The number of rotatable bonds is 4. The second-order valence-corrected chi connectivity index (χ2v) is 7.23. The van der Waals surface area contributed by atoms with Gasteiger partial charge in [-0.25, -0.2) is 8.42 Å². The molecule has 1 aromatic rings. The van der Waals surface area contributed by atoms with Crippen LogP contribution >= 0.6 is 0 Å². The van der Waals surface area contributed by atoms with Gasteiger partial charge in [-0.05, 0) is 18.6 Å². The van der Waals surface area contributed by atoms with Gasteiger partial charge in [0, 0.05) is 32.4 Å². The van der Waals surface area contributed by atoms with Crippen molar-refractivity contribution in [1.29, 1.82) is 0 Å². The molecule has 1 aromatic carbocycles. The zero-order valence-corrected chi connectivity index (χ0v) is 12.8. The van der Waals surface area contributed by atoms with E-state index < -0.39 is 15.8 Å². The molecule has 6 nitrogen and oxygen atoms in total. The Bertz CT molecular complexity index is 615. The molecule has 21 heavy (non-hydrogen) atoms. The summed E-state index contributed by atoms with van der Waals surface area (Å²) in [5, 5.41) is 8.86. The van der Waals surface area contributed by atoms with Crippen molar-refractivity contribution in [2.75, 3.05) is 43.9 Å². The topological polar surface area (TPSA) is 77.9 Å². The summed E-state index contributed by atoms with van der Waals surface area (Å²) in [6, 6.07) is 6.96. The van der Waals surface area contributed by atoms with Crippen LogP contribution in [-0.4, -0.2) is 63.4 Å². The van der Waals surface area contributed by atoms with Crippen LogP contribution in [0.3, 0.4) is 0 Å². The average molecular weight is 312 g/mol. The molecule has 7 heteroatoms. The third kappa shape index (κ3) is 4.18. The van der Waals surface area contributed by atoms with Crippen LogP contribution < -0.4 is 4.90 Å². The number of nitrogens with zero attached hydrogens (tertiary/aromatic N) is 2. The lowest BCUT2D eigenvalue weighted by Gasteiger charge is -2.25. The second-order valence-electron chi connectivity index (χ2n) is 5.25. The molecule has 116 valence electrons. The Kier molecular flexibility index (Phi) is 4.84. The van der Waals surface area contributed by atoms with E-state index in [0.29, 0.717) is 30.2 Å². The predicted octanol–water partition coefficient (Wildman–Crippen LogP) is 0.687. The van der Waals surface area contributed by atoms with Gasteiger partial charge in [0.15, 0.2) is 9.84 Å². The molecule has 0 amide bonds. The Morgan fingerprint density at radius 1 is 1.19 bits per heavy atom. The largest absolute Gasteiger partial charge is 0.480 e. The number of hydrogen-bond donors (Lipinski definition) is 1. The van der Waals surface area contributed by atoms with Crippen molar-refractivity contribution in [3.63, 3.8) is 0 Å². The number of carboxylic acids is 1. The molecular formula is C14H20N2O4S. The summed E-state index contributed by atoms with van der Waals surface area (Å²) >= 11 is 0. The Morgan fingerprint density at radius 2 is 1.90 bits per heavy atom. The fourth-order valence-electron chi connectivity index (χ4n) is 2.59. The van der Waals surface area contributed by atoms with Crippen LogP contribution in [0.25, 0.3) is 0 Å². The molecule has 0 atom stereocenters. The van der Waals surface area contributed by atoms with Crippen molar-refractivity contribution in [1.82, 2.24) is 4.90 Å². The fraction of sp³-hybridized carbons (Fsp3) is 0.500. The molecule has 0 bridgehead atoms. The lowest BCUT2D eigenvalue weighted by Crippen LogP contribution is -2.34. The first kappa shape index (κ1) is 15.8. The summed E-state index contributed by atoms with van der Waals surface area (Å²) in [6.07, 6.45) is 2.02. The molecule has 1 saturated heterocycles. The van der Waals surface area contributed by atoms with Gasteiger partial charge < -0.3 is 10.0 Å². The van der Waals surface area contributed by atoms with Crippen molar-refractivity contribution in [2.45, 2.75) is 11.3 Å². The van der Waals surface area contributed by atoms with Crippen LogP contribution in [0.1, 0.15) is 6.42 Å². The molecule has 0 radical (unpaired) electrons. The fourth-order valence-corrected chi connectivity index (χ4v) is 3.50. The molecule has 0 aliphatic carbocycles. The molecule has 0 aromatic heterocycles. The molecular weight excluding hydrogens is 292 g/mol. The minimum Gasteiger partial charge on any atom is -0.480 e. The van der Waals surface area contributed by atoms with Gasteiger partial charge in [-0.15, -0.1) is 0 Å². The maximum absolute atomic E-state index is 11.9. The molecule has 0 spiro atoms. The van der Waals surface area contributed by atoms with E-state index in [0.717, 1.165) is 13.0 Å². The summed E-state index contributed by atoms with van der Waals surface area (Å²) in [4.78, 5) is 15.0. The SMILES string of the molecule is CS(=O)(=O)c1ccccc1N1CCCN(CC(=O)O)CC1. The number of hydrogen-bond acceptors (Lipinski definition) is 5. The number of sulfone groups is 1. The standard InChI is InChI=1S/C14H20N2O4S/c1-21(19,20)13-6-3-2-5-12(13)16-8-4-7-15(9-10-16)11-14(17)18/h2-3,5-6H,4,7-11H2,1H3,(H,17,18). The quantitative estimate of drug-likeness (QED) is 0.881. The third-order valence-corrected chi connectivity index (χ3v) is 4.70. The summed E-state index contributed by atoms with van der Waals surface area (Å²) in [7, 11) is -3.28. The molecule has 1 aliphatic rings. The molecule has 0 unspecified atom stereocenters. The number of anilines is 1. The van der Waals surface area contributed by atoms with Crippen LogP contribution in [0.15, 0.2) is 29.2 Å². The summed E-state index contributed by atoms with van der Waals surface area (Å²) in [5.74, 6) is -0.833. The Labute approximate surface area is 124 Å². The van der Waals surface area contributed by atoms with Gasteiger partial charge in [0.1, 0.15) is 0 Å². The molecule has 1 aliphatic heterocycles. The normalized spacial score (nSPS) is 17.5. The molecule has 1 N–H and O–H groups in total. The number of carboxylic acid groups (broad SMARTS) is 1. The number of para-hydroxylation sites is 1. The number of carbonyl (C=O) groups is 1. The minimum atomic E-state index is -3.28. The molecule has 2 rings (SSSR count). The van der Waals surface area contributed by atoms with Gasteiger partial charge >= 0.3 is 5.97 Å². The van der Waals surface area contributed by atoms with Gasteiger partial charge in [0.25, 0.3) is 0 Å². The van der Waals surface area contributed by atoms with Gasteiger partial charge in [-0.1, -0.05) is 12.1 Å². The van der Waals surface area contributed by atoms with Crippen LogP contribution in [0, 0.1) is 0 Å². The monoisotopic (exact) mass is 312 g/mol. The van der Waals surface area contributed by atoms with Crippen molar-refractivity contribution in [3.05, 3.63) is 24.3 Å².